The van der Waals surface area contributed by atoms with Crippen molar-refractivity contribution in [2.75, 3.05) is 0 Å². The molecule has 0 atom stereocenters. The summed E-state index contributed by atoms with van der Waals surface area (Å²) in [6.07, 6.45) is 6.64. The van der Waals surface area contributed by atoms with E-state index in [1.165, 1.54) is 24.3 Å². The molecule has 2 rings (SSSR count). The zero-order chi connectivity index (χ0) is 11.4. The minimum atomic E-state index is -0.340. The average molecular weight is 297 g/mol. The van der Waals surface area contributed by atoms with Gasteiger partial charge in [0.05, 0.1) is 12.4 Å². The topological polar surface area (TPSA) is 33.8 Å². The number of rotatable bonds is 3. The molecule has 0 fully saturated rings. The summed E-state index contributed by atoms with van der Waals surface area (Å²) in [6, 6.07) is 5.54. The molecule has 0 saturated heterocycles. The monoisotopic (exact) mass is 296 g/mol. The number of Topliss-reactive ketones (excluding diaryl/α,β-unsaturated/α-hetero) is 1. The summed E-state index contributed by atoms with van der Waals surface area (Å²) in [5.74, 6) is -0.399. The summed E-state index contributed by atoms with van der Waals surface area (Å²) in [5, 5.41) is 0. The fraction of sp³-hybridized carbons (Fsp3) is 0.0833. The van der Waals surface area contributed by atoms with E-state index >= 15 is 0 Å². The van der Waals surface area contributed by atoms with Crippen molar-refractivity contribution in [1.82, 2.24) is 4.98 Å². The Morgan fingerprint density at radius 1 is 1.18 bits per heavy atom. The molecule has 1 aromatic heterocycles. The van der Waals surface area contributed by atoms with Gasteiger partial charge >= 0.3 is 0 Å². The van der Waals surface area contributed by atoms with Gasteiger partial charge in [0, 0.05) is 5.56 Å². The van der Waals surface area contributed by atoms with Crippen LogP contribution in [0.15, 0.2) is 49.1 Å². The Kier molecular flexibility index (Phi) is 4.90. The first kappa shape index (κ1) is 13.4. The van der Waals surface area contributed by atoms with Crippen LogP contribution in [0.1, 0.15) is 10.4 Å². The van der Waals surface area contributed by atoms with Crippen molar-refractivity contribution in [1.29, 1.82) is 0 Å². The molecule has 0 unspecified atom stereocenters. The standard InChI is InChI=1S/C12H10FN2O.BrH/c13-11-3-1-10(2-4-11)12(16)9-15-7-5-14-6-8-15;/h1-8H,9H2;1H/q+1;/p-1. The van der Waals surface area contributed by atoms with Gasteiger partial charge in [0.25, 0.3) is 0 Å². The summed E-state index contributed by atoms with van der Waals surface area (Å²) in [4.78, 5) is 15.6. The van der Waals surface area contributed by atoms with Gasteiger partial charge in [0.1, 0.15) is 5.82 Å². The van der Waals surface area contributed by atoms with Gasteiger partial charge in [0.2, 0.25) is 12.3 Å². The highest BCUT2D eigenvalue weighted by Crippen LogP contribution is 2.03. The summed E-state index contributed by atoms with van der Waals surface area (Å²) in [6.45, 7) is 0.230. The third kappa shape index (κ3) is 3.71. The predicted molar refractivity (Wildman–Crippen MR) is 55.2 cm³/mol. The molecule has 0 N–H and O–H groups in total. The Hall–Kier alpha value is -1.62. The van der Waals surface area contributed by atoms with Crippen molar-refractivity contribution in [3.05, 3.63) is 60.4 Å². The second-order valence-electron chi connectivity index (χ2n) is 3.35. The summed E-state index contributed by atoms with van der Waals surface area (Å²) < 4.78 is 14.4. The Morgan fingerprint density at radius 3 is 2.35 bits per heavy atom. The zero-order valence-corrected chi connectivity index (χ0v) is 10.5. The minimum absolute atomic E-state index is 0. The molecule has 0 radical (unpaired) electrons. The molecule has 2 aromatic rings. The van der Waals surface area contributed by atoms with Gasteiger partial charge in [-0.1, -0.05) is 0 Å². The number of hydrogen-bond acceptors (Lipinski definition) is 2. The number of nitrogens with zero attached hydrogens (tertiary/aromatic N) is 2. The number of ketones is 1. The van der Waals surface area contributed by atoms with Crippen LogP contribution >= 0.6 is 0 Å². The first-order chi connectivity index (χ1) is 7.75. The van der Waals surface area contributed by atoms with Crippen LogP contribution in [0.2, 0.25) is 0 Å². The highest BCUT2D eigenvalue weighted by atomic mass is 79.9. The van der Waals surface area contributed by atoms with Crippen LogP contribution in [0.5, 0.6) is 0 Å². The molecule has 1 aromatic carbocycles. The van der Waals surface area contributed by atoms with E-state index < -0.39 is 0 Å². The second kappa shape index (κ2) is 6.20. The van der Waals surface area contributed by atoms with Crippen LogP contribution in [0.3, 0.4) is 0 Å². The van der Waals surface area contributed by atoms with E-state index in [-0.39, 0.29) is 35.1 Å². The molecule has 3 nitrogen and oxygen atoms in total. The largest absolute Gasteiger partial charge is 1.00 e. The molecule has 0 aliphatic rings. The van der Waals surface area contributed by atoms with Crippen molar-refractivity contribution in [2.24, 2.45) is 0 Å². The van der Waals surface area contributed by atoms with Crippen LogP contribution in [0.25, 0.3) is 0 Å². The Balaban J connectivity index is 0.00000144. The smallest absolute Gasteiger partial charge is 0.227 e. The Labute approximate surface area is 109 Å². The molecule has 0 aliphatic heterocycles. The van der Waals surface area contributed by atoms with Gasteiger partial charge in [-0.05, 0) is 24.3 Å². The van der Waals surface area contributed by atoms with Gasteiger partial charge in [-0.3, -0.25) is 9.78 Å². The summed E-state index contributed by atoms with van der Waals surface area (Å²) >= 11 is 0. The maximum atomic E-state index is 12.7. The van der Waals surface area contributed by atoms with E-state index in [0.717, 1.165) is 0 Å². The van der Waals surface area contributed by atoms with E-state index in [0.29, 0.717) is 5.56 Å². The molecule has 88 valence electrons. The number of carbonyl (C=O) groups excluding carboxylic acids is 1. The first-order valence-corrected chi connectivity index (χ1v) is 4.83. The van der Waals surface area contributed by atoms with E-state index in [2.05, 4.69) is 4.98 Å². The molecule has 5 heteroatoms. The van der Waals surface area contributed by atoms with E-state index in [9.17, 15) is 9.18 Å². The molecular weight excluding hydrogens is 287 g/mol. The van der Waals surface area contributed by atoms with E-state index in [4.69, 9.17) is 0 Å². The molecule has 0 amide bonds. The molecule has 1 heterocycles. The van der Waals surface area contributed by atoms with E-state index in [1.54, 1.807) is 29.4 Å². The lowest BCUT2D eigenvalue weighted by Gasteiger charge is -1.97. The van der Waals surface area contributed by atoms with Gasteiger partial charge in [-0.2, -0.15) is 4.57 Å². The third-order valence-corrected chi connectivity index (χ3v) is 2.18. The van der Waals surface area contributed by atoms with Crippen LogP contribution < -0.4 is 21.5 Å². The van der Waals surface area contributed by atoms with E-state index in [1.807, 2.05) is 0 Å². The van der Waals surface area contributed by atoms with Crippen molar-refractivity contribution in [3.8, 4) is 0 Å². The average Bonchev–Trinajstić information content (AvgIpc) is 2.31. The summed E-state index contributed by atoms with van der Waals surface area (Å²) in [7, 11) is 0. The third-order valence-electron chi connectivity index (χ3n) is 2.18. The van der Waals surface area contributed by atoms with Gasteiger partial charge < -0.3 is 17.0 Å². The Morgan fingerprint density at radius 2 is 1.76 bits per heavy atom. The van der Waals surface area contributed by atoms with Crippen LogP contribution in [0.4, 0.5) is 4.39 Å². The zero-order valence-electron chi connectivity index (χ0n) is 8.88. The fourth-order valence-electron chi connectivity index (χ4n) is 1.35. The fourth-order valence-corrected chi connectivity index (χ4v) is 1.35. The second-order valence-corrected chi connectivity index (χ2v) is 3.35. The van der Waals surface area contributed by atoms with Crippen LogP contribution in [-0.4, -0.2) is 10.8 Å². The number of aromatic nitrogens is 2. The highest BCUT2D eigenvalue weighted by Gasteiger charge is 2.11. The molecule has 17 heavy (non-hydrogen) atoms. The van der Waals surface area contributed by atoms with Crippen LogP contribution in [-0.2, 0) is 6.54 Å². The van der Waals surface area contributed by atoms with Gasteiger partial charge in [-0.25, -0.2) is 4.39 Å². The maximum absolute atomic E-state index is 12.7. The minimum Gasteiger partial charge on any atom is -1.00 e. The Bertz CT molecular complexity index is 488. The molecular formula is C12H10BrFN2O. The number of hydrogen-bond donors (Lipinski definition) is 0. The number of benzene rings is 1. The molecule has 0 spiro atoms. The first-order valence-electron chi connectivity index (χ1n) is 4.83. The lowest BCUT2D eigenvalue weighted by Crippen LogP contribution is -3.00. The van der Waals surface area contributed by atoms with Crippen molar-refractivity contribution >= 4 is 5.78 Å². The van der Waals surface area contributed by atoms with Crippen molar-refractivity contribution in [2.45, 2.75) is 6.54 Å². The lowest BCUT2D eigenvalue weighted by atomic mass is 10.1. The van der Waals surface area contributed by atoms with Crippen molar-refractivity contribution < 1.29 is 30.7 Å². The lowest BCUT2D eigenvalue weighted by molar-refractivity contribution is -0.683. The summed E-state index contributed by atoms with van der Waals surface area (Å²) in [5.41, 5.74) is 0.505. The number of halogens is 2. The van der Waals surface area contributed by atoms with Crippen LogP contribution in [0, 0.1) is 5.82 Å². The normalized spacial score (nSPS) is 9.47. The quantitative estimate of drug-likeness (QED) is 0.505. The number of carbonyl (C=O) groups is 1. The van der Waals surface area contributed by atoms with Gasteiger partial charge in [0.15, 0.2) is 12.4 Å². The SMILES string of the molecule is O=C(C[n+]1ccncc1)c1ccc(F)cc1.[Br-]. The molecule has 0 aliphatic carbocycles. The molecule has 0 bridgehead atoms. The maximum Gasteiger partial charge on any atom is 0.227 e. The van der Waals surface area contributed by atoms with Crippen molar-refractivity contribution in [3.63, 3.8) is 0 Å². The molecule has 0 saturated carbocycles. The van der Waals surface area contributed by atoms with Gasteiger partial charge in [-0.15, -0.1) is 0 Å². The predicted octanol–water partition coefficient (Wildman–Crippen LogP) is -1.60. The highest BCUT2D eigenvalue weighted by molar-refractivity contribution is 5.94.